The van der Waals surface area contributed by atoms with Crippen molar-refractivity contribution in [1.82, 2.24) is 19.4 Å². The number of halogens is 1. The normalized spacial score (nSPS) is 18.0. The number of carbonyl (C=O) groups is 1. The molecular formula is C16H23ClN4O2. The number of benzene rings is 1. The van der Waals surface area contributed by atoms with Crippen molar-refractivity contribution in [1.29, 1.82) is 0 Å². The number of imidazole rings is 1. The predicted molar refractivity (Wildman–Crippen MR) is 93.1 cm³/mol. The molecule has 6 nitrogen and oxygen atoms in total. The predicted octanol–water partition coefficient (Wildman–Crippen LogP) is 0.972. The first-order valence-electron chi connectivity index (χ1n) is 7.73. The van der Waals surface area contributed by atoms with Gasteiger partial charge in [0.1, 0.15) is 0 Å². The maximum absolute atomic E-state index is 12.3. The molecule has 1 fully saturated rings. The van der Waals surface area contributed by atoms with Gasteiger partial charge < -0.3 is 10.2 Å². The second-order valence-electron chi connectivity index (χ2n) is 5.93. The van der Waals surface area contributed by atoms with E-state index in [0.29, 0.717) is 19.0 Å². The van der Waals surface area contributed by atoms with Gasteiger partial charge in [-0.05, 0) is 19.1 Å². The van der Waals surface area contributed by atoms with E-state index in [1.54, 1.807) is 16.2 Å². The zero-order valence-electron chi connectivity index (χ0n) is 13.5. The molecule has 1 amide bonds. The number of aromatic nitrogens is 2. The van der Waals surface area contributed by atoms with Gasteiger partial charge >= 0.3 is 5.69 Å². The van der Waals surface area contributed by atoms with Crippen molar-refractivity contribution in [3.05, 3.63) is 34.7 Å². The number of hydrogen-bond acceptors (Lipinski definition) is 3. The Kier molecular flexibility index (Phi) is 5.49. The summed E-state index contributed by atoms with van der Waals surface area (Å²) in [6, 6.07) is 8.01. The highest BCUT2D eigenvalue weighted by molar-refractivity contribution is 5.85. The lowest BCUT2D eigenvalue weighted by molar-refractivity contribution is -0.132. The van der Waals surface area contributed by atoms with Crippen LogP contribution in [0.5, 0.6) is 0 Å². The first-order valence-corrected chi connectivity index (χ1v) is 7.73. The lowest BCUT2D eigenvalue weighted by atomic mass is 10.2. The highest BCUT2D eigenvalue weighted by Crippen LogP contribution is 2.12. The summed E-state index contributed by atoms with van der Waals surface area (Å²) in [5, 5.41) is 3.32. The van der Waals surface area contributed by atoms with Crippen LogP contribution in [0.1, 0.15) is 13.3 Å². The zero-order valence-corrected chi connectivity index (χ0v) is 14.3. The van der Waals surface area contributed by atoms with Crippen molar-refractivity contribution < 1.29 is 4.79 Å². The molecule has 1 atom stereocenters. The number of rotatable bonds is 3. The number of para-hydroxylation sites is 2. The minimum atomic E-state index is -0.0670. The Morgan fingerprint density at radius 2 is 2.00 bits per heavy atom. The monoisotopic (exact) mass is 338 g/mol. The molecule has 1 saturated heterocycles. The van der Waals surface area contributed by atoms with Crippen molar-refractivity contribution in [2.45, 2.75) is 25.9 Å². The molecule has 2 heterocycles. The Hall–Kier alpha value is -1.79. The SMILES string of the molecule is CC1CN(C(=O)CCn2c(=O)n(C)c3ccccc32)CCN1.Cl. The molecule has 0 spiro atoms. The first kappa shape index (κ1) is 17.6. The molecule has 126 valence electrons. The van der Waals surface area contributed by atoms with E-state index in [1.165, 1.54) is 0 Å². The van der Waals surface area contributed by atoms with Crippen LogP contribution in [-0.2, 0) is 18.4 Å². The molecule has 1 N–H and O–H groups in total. The Morgan fingerprint density at radius 3 is 2.70 bits per heavy atom. The van der Waals surface area contributed by atoms with E-state index in [1.807, 2.05) is 29.2 Å². The summed E-state index contributed by atoms with van der Waals surface area (Å²) in [7, 11) is 1.76. The summed E-state index contributed by atoms with van der Waals surface area (Å²) < 4.78 is 3.32. The maximum atomic E-state index is 12.3. The smallest absolute Gasteiger partial charge is 0.328 e. The van der Waals surface area contributed by atoms with Gasteiger partial charge in [0.05, 0.1) is 11.0 Å². The fourth-order valence-corrected chi connectivity index (χ4v) is 3.10. The minimum Gasteiger partial charge on any atom is -0.340 e. The molecule has 23 heavy (non-hydrogen) atoms. The summed E-state index contributed by atoms with van der Waals surface area (Å²) in [6.45, 7) is 4.82. The highest BCUT2D eigenvalue weighted by atomic mass is 35.5. The van der Waals surface area contributed by atoms with E-state index >= 15 is 0 Å². The van der Waals surface area contributed by atoms with Crippen molar-refractivity contribution in [2.75, 3.05) is 19.6 Å². The molecule has 7 heteroatoms. The molecule has 0 bridgehead atoms. The second-order valence-corrected chi connectivity index (χ2v) is 5.93. The van der Waals surface area contributed by atoms with Crippen molar-refractivity contribution in [3.8, 4) is 0 Å². The minimum absolute atomic E-state index is 0. The van der Waals surface area contributed by atoms with Crippen LogP contribution >= 0.6 is 12.4 Å². The maximum Gasteiger partial charge on any atom is 0.328 e. The number of hydrogen-bond donors (Lipinski definition) is 1. The number of nitrogens with zero attached hydrogens (tertiary/aromatic N) is 3. The van der Waals surface area contributed by atoms with E-state index < -0.39 is 0 Å². The van der Waals surface area contributed by atoms with Crippen LogP contribution in [0, 0.1) is 0 Å². The standard InChI is InChI=1S/C16H22N4O2.ClH/c1-12-11-19(10-8-17-12)15(21)7-9-20-14-6-4-3-5-13(14)18(2)16(20)22;/h3-6,12,17H,7-11H2,1-2H3;1H. The number of fused-ring (bicyclic) bond motifs is 1. The number of aryl methyl sites for hydroxylation is 2. The Bertz CT molecular complexity index is 752. The van der Waals surface area contributed by atoms with E-state index in [2.05, 4.69) is 12.2 Å². The average molecular weight is 339 g/mol. The van der Waals surface area contributed by atoms with E-state index in [4.69, 9.17) is 0 Å². The molecule has 0 saturated carbocycles. The van der Waals surface area contributed by atoms with Crippen LogP contribution in [0.4, 0.5) is 0 Å². The van der Waals surface area contributed by atoms with Gasteiger partial charge in [-0.2, -0.15) is 0 Å². The van der Waals surface area contributed by atoms with E-state index in [9.17, 15) is 9.59 Å². The van der Waals surface area contributed by atoms with Gasteiger partial charge in [-0.15, -0.1) is 12.4 Å². The van der Waals surface area contributed by atoms with Crippen LogP contribution in [0.2, 0.25) is 0 Å². The summed E-state index contributed by atoms with van der Waals surface area (Å²) in [6.07, 6.45) is 0.362. The van der Waals surface area contributed by atoms with Gasteiger partial charge in [-0.25, -0.2) is 4.79 Å². The zero-order chi connectivity index (χ0) is 15.7. The van der Waals surface area contributed by atoms with Crippen molar-refractivity contribution in [2.24, 2.45) is 7.05 Å². The Labute approximate surface area is 141 Å². The highest BCUT2D eigenvalue weighted by Gasteiger charge is 2.20. The number of amides is 1. The fraction of sp³-hybridized carbons (Fsp3) is 0.500. The van der Waals surface area contributed by atoms with Gasteiger partial charge in [0.15, 0.2) is 0 Å². The van der Waals surface area contributed by atoms with Crippen LogP contribution < -0.4 is 11.0 Å². The van der Waals surface area contributed by atoms with Crippen LogP contribution in [0.15, 0.2) is 29.1 Å². The average Bonchev–Trinajstić information content (AvgIpc) is 2.77. The molecule has 3 rings (SSSR count). The lowest BCUT2D eigenvalue weighted by Crippen LogP contribution is -2.51. The fourth-order valence-electron chi connectivity index (χ4n) is 3.10. The lowest BCUT2D eigenvalue weighted by Gasteiger charge is -2.32. The number of piperazine rings is 1. The summed E-state index contributed by atoms with van der Waals surface area (Å²) >= 11 is 0. The van der Waals surface area contributed by atoms with Gasteiger partial charge in [0.25, 0.3) is 0 Å². The number of nitrogens with one attached hydrogen (secondary N) is 1. The molecular weight excluding hydrogens is 316 g/mol. The molecule has 0 aliphatic carbocycles. The van der Waals surface area contributed by atoms with E-state index in [0.717, 1.165) is 30.7 Å². The third-order valence-electron chi connectivity index (χ3n) is 4.32. The molecule has 0 radical (unpaired) electrons. The van der Waals surface area contributed by atoms with E-state index in [-0.39, 0.29) is 24.0 Å². The molecule has 2 aromatic rings. The van der Waals surface area contributed by atoms with Crippen molar-refractivity contribution in [3.63, 3.8) is 0 Å². The summed E-state index contributed by atoms with van der Waals surface area (Å²) in [4.78, 5) is 26.6. The molecule has 1 aliphatic rings. The largest absolute Gasteiger partial charge is 0.340 e. The quantitative estimate of drug-likeness (QED) is 0.907. The first-order chi connectivity index (χ1) is 10.6. The van der Waals surface area contributed by atoms with Gasteiger partial charge in [0.2, 0.25) is 5.91 Å². The van der Waals surface area contributed by atoms with Crippen molar-refractivity contribution >= 4 is 29.3 Å². The Balaban J connectivity index is 0.00000192. The van der Waals surface area contributed by atoms with Gasteiger partial charge in [-0.3, -0.25) is 13.9 Å². The number of carbonyl (C=O) groups excluding carboxylic acids is 1. The summed E-state index contributed by atoms with van der Waals surface area (Å²) in [5.41, 5.74) is 1.72. The molecule has 1 unspecified atom stereocenters. The van der Waals surface area contributed by atoms with Gasteiger partial charge in [0, 0.05) is 45.7 Å². The molecule has 1 aromatic heterocycles. The molecule has 1 aliphatic heterocycles. The molecule has 1 aromatic carbocycles. The van der Waals surface area contributed by atoms with Crippen LogP contribution in [0.3, 0.4) is 0 Å². The third kappa shape index (κ3) is 3.43. The second kappa shape index (κ2) is 7.19. The third-order valence-corrected chi connectivity index (χ3v) is 4.32. The Morgan fingerprint density at radius 1 is 1.30 bits per heavy atom. The van der Waals surface area contributed by atoms with Crippen LogP contribution in [0.25, 0.3) is 11.0 Å². The summed E-state index contributed by atoms with van der Waals surface area (Å²) in [5.74, 6) is 0.119. The van der Waals surface area contributed by atoms with Gasteiger partial charge in [-0.1, -0.05) is 12.1 Å². The topological polar surface area (TPSA) is 59.3 Å². The van der Waals surface area contributed by atoms with Crippen LogP contribution in [-0.4, -0.2) is 45.6 Å².